The summed E-state index contributed by atoms with van der Waals surface area (Å²) in [5.74, 6) is -2.13. The van der Waals surface area contributed by atoms with Gasteiger partial charge in [0.05, 0.1) is 30.9 Å². The predicted octanol–water partition coefficient (Wildman–Crippen LogP) is 2.45. The van der Waals surface area contributed by atoms with Crippen molar-refractivity contribution in [1.29, 1.82) is 0 Å². The number of aromatic nitrogens is 1. The summed E-state index contributed by atoms with van der Waals surface area (Å²) < 4.78 is 16.0. The van der Waals surface area contributed by atoms with Crippen LogP contribution in [-0.4, -0.2) is 101 Å². The fourth-order valence-electron chi connectivity index (χ4n) is 3.61. The average molecular weight is 776 g/mol. The molecule has 48 heavy (non-hydrogen) atoms. The van der Waals surface area contributed by atoms with Gasteiger partial charge in [-0.05, 0) is 42.0 Å². The number of nitrogens with zero attached hydrogens (tertiary/aromatic N) is 1. The van der Waals surface area contributed by atoms with Crippen molar-refractivity contribution in [2.75, 3.05) is 36.2 Å². The second kappa shape index (κ2) is 23.1. The van der Waals surface area contributed by atoms with Crippen LogP contribution in [0.25, 0.3) is 11.1 Å². The maximum absolute atomic E-state index is 13.6. The number of benzene rings is 1. The van der Waals surface area contributed by atoms with Crippen LogP contribution in [0.3, 0.4) is 0 Å². The standard InChI is InChI=1S/C29H37N5O8S6/c1-3-41-27(38)23(15-46-34-22(14-44)29(40)45)31-25(36)20-11-30-21(10-19(20)17-8-6-5-7-9-17)26(37)32-24(28(39)42-4-2)16-47-48-33-18(12-35)13-43/h5-12,18,22-24,33-34,43-44H,3-4,13-16H2,1-2H3,(H,31,36)(H,32,37)(H,40,45)/t18-,22+,23?,24?/m1/s1. The molecule has 2 rings (SSSR count). The average Bonchev–Trinajstić information content (AvgIpc) is 3.09. The van der Waals surface area contributed by atoms with E-state index in [9.17, 15) is 28.8 Å². The van der Waals surface area contributed by atoms with Gasteiger partial charge in [-0.1, -0.05) is 53.1 Å². The lowest BCUT2D eigenvalue weighted by atomic mass is 9.99. The number of pyridine rings is 1. The number of carbonyl (C=O) groups excluding carboxylic acids is 6. The third-order valence-corrected chi connectivity index (χ3v) is 10.1. The van der Waals surface area contributed by atoms with Gasteiger partial charge in [-0.25, -0.2) is 14.3 Å². The Morgan fingerprint density at radius 3 is 2.06 bits per heavy atom. The fourth-order valence-corrected chi connectivity index (χ4v) is 7.50. The van der Waals surface area contributed by atoms with Crippen LogP contribution < -0.4 is 20.1 Å². The van der Waals surface area contributed by atoms with Crippen LogP contribution in [0, 0.1) is 0 Å². The number of esters is 2. The molecule has 2 unspecified atom stereocenters. The molecule has 1 heterocycles. The van der Waals surface area contributed by atoms with E-state index >= 15 is 0 Å². The van der Waals surface area contributed by atoms with Gasteiger partial charge in [0.2, 0.25) is 5.12 Å². The lowest BCUT2D eigenvalue weighted by Gasteiger charge is -2.20. The topological polar surface area (TPSA) is 182 Å². The Hall–Kier alpha value is -2.39. The van der Waals surface area contributed by atoms with Gasteiger partial charge in [0.25, 0.3) is 11.8 Å². The summed E-state index contributed by atoms with van der Waals surface area (Å²) in [5, 5.41) is 4.87. The maximum atomic E-state index is 13.6. The smallest absolute Gasteiger partial charge is 0.329 e. The first-order valence-electron chi connectivity index (χ1n) is 14.4. The monoisotopic (exact) mass is 775 g/mol. The summed E-state index contributed by atoms with van der Waals surface area (Å²) >= 11 is 13.0. The number of aldehydes is 1. The molecule has 0 aliphatic rings. The Balaban J connectivity index is 2.32. The molecule has 4 atom stereocenters. The van der Waals surface area contributed by atoms with Crippen LogP contribution in [0.4, 0.5) is 0 Å². The van der Waals surface area contributed by atoms with Gasteiger partial charge < -0.3 is 24.9 Å². The number of amides is 2. The molecule has 19 heteroatoms. The minimum atomic E-state index is -1.11. The van der Waals surface area contributed by atoms with Gasteiger partial charge in [0.15, 0.2) is 0 Å². The third-order valence-electron chi connectivity index (χ3n) is 6.03. The quantitative estimate of drug-likeness (QED) is 0.0231. The lowest BCUT2D eigenvalue weighted by Crippen LogP contribution is -2.45. The van der Waals surface area contributed by atoms with E-state index in [0.717, 1.165) is 22.9 Å². The van der Waals surface area contributed by atoms with E-state index in [1.54, 1.807) is 44.2 Å². The molecule has 13 nitrogen and oxygen atoms in total. The lowest BCUT2D eigenvalue weighted by molar-refractivity contribution is -0.145. The van der Waals surface area contributed by atoms with E-state index in [-0.39, 0.29) is 47.5 Å². The molecule has 0 saturated carbocycles. The summed E-state index contributed by atoms with van der Waals surface area (Å²) in [6, 6.07) is 6.85. The summed E-state index contributed by atoms with van der Waals surface area (Å²) in [7, 11) is 2.32. The van der Waals surface area contributed by atoms with Crippen molar-refractivity contribution >= 4 is 107 Å². The number of rotatable bonds is 22. The highest BCUT2D eigenvalue weighted by Gasteiger charge is 2.28. The van der Waals surface area contributed by atoms with E-state index in [0.29, 0.717) is 17.4 Å². The van der Waals surface area contributed by atoms with E-state index < -0.39 is 53.0 Å². The van der Waals surface area contributed by atoms with Gasteiger partial charge in [0, 0.05) is 29.2 Å². The molecule has 2 amide bonds. The second-order valence-corrected chi connectivity index (χ2v) is 13.7. The van der Waals surface area contributed by atoms with Crippen molar-refractivity contribution in [1.82, 2.24) is 25.1 Å². The van der Waals surface area contributed by atoms with E-state index in [1.165, 1.54) is 23.1 Å². The number of hydrogen-bond acceptors (Lipinski definition) is 16. The third kappa shape index (κ3) is 13.9. The molecule has 0 saturated heterocycles. The zero-order valence-electron chi connectivity index (χ0n) is 26.0. The molecule has 1 aromatic heterocycles. The Labute approximate surface area is 307 Å². The van der Waals surface area contributed by atoms with Crippen molar-refractivity contribution in [3.05, 3.63) is 53.9 Å². The molecule has 0 bridgehead atoms. The van der Waals surface area contributed by atoms with Gasteiger partial charge in [-0.2, -0.15) is 25.3 Å². The van der Waals surface area contributed by atoms with Crippen LogP contribution in [0.2, 0.25) is 0 Å². The molecule has 0 fully saturated rings. The Morgan fingerprint density at radius 1 is 0.875 bits per heavy atom. The van der Waals surface area contributed by atoms with Crippen molar-refractivity contribution in [2.24, 2.45) is 0 Å². The number of ether oxygens (including phenoxy) is 2. The molecule has 0 radical (unpaired) electrons. The minimum Gasteiger partial charge on any atom is -0.464 e. The number of carbonyl (C=O) groups is 6. The number of thiol groups is 3. The predicted molar refractivity (Wildman–Crippen MR) is 200 cm³/mol. The molecule has 0 aliphatic heterocycles. The molecule has 2 aromatic rings. The second-order valence-electron chi connectivity index (χ2n) is 9.45. The van der Waals surface area contributed by atoms with E-state index in [4.69, 9.17) is 9.47 Å². The van der Waals surface area contributed by atoms with Crippen LogP contribution in [-0.2, 0) is 28.7 Å². The molecule has 4 N–H and O–H groups in total. The minimum absolute atomic E-state index is 0.00993. The number of hydrogen-bond donors (Lipinski definition) is 7. The summed E-state index contributed by atoms with van der Waals surface area (Å²) in [6.07, 6.45) is 1.92. The van der Waals surface area contributed by atoms with Gasteiger partial charge in [0.1, 0.15) is 24.1 Å². The van der Waals surface area contributed by atoms with Crippen LogP contribution in [0.1, 0.15) is 34.7 Å². The first kappa shape index (κ1) is 41.8. The Kier molecular flexibility index (Phi) is 20.1. The Bertz CT molecular complexity index is 1390. The molecular weight excluding hydrogens is 739 g/mol. The normalized spacial score (nSPS) is 13.4. The highest BCUT2D eigenvalue weighted by molar-refractivity contribution is 8.76. The summed E-state index contributed by atoms with van der Waals surface area (Å²) in [4.78, 5) is 79.2. The highest BCUT2D eigenvalue weighted by Crippen LogP contribution is 2.25. The van der Waals surface area contributed by atoms with Crippen LogP contribution >= 0.6 is 71.6 Å². The first-order chi connectivity index (χ1) is 23.1. The summed E-state index contributed by atoms with van der Waals surface area (Å²) in [6.45, 7) is 3.45. The first-order valence-corrected chi connectivity index (χ1v) is 19.4. The highest BCUT2D eigenvalue weighted by atomic mass is 33.1. The van der Waals surface area contributed by atoms with Crippen molar-refractivity contribution in [3.8, 4) is 11.1 Å². The van der Waals surface area contributed by atoms with Crippen LogP contribution in [0.15, 0.2) is 42.6 Å². The van der Waals surface area contributed by atoms with Gasteiger partial charge >= 0.3 is 11.9 Å². The zero-order chi connectivity index (χ0) is 35.5. The molecule has 0 spiro atoms. The van der Waals surface area contributed by atoms with E-state index in [1.807, 2.05) is 0 Å². The Morgan fingerprint density at radius 2 is 1.50 bits per heavy atom. The van der Waals surface area contributed by atoms with E-state index in [2.05, 4.69) is 62.9 Å². The van der Waals surface area contributed by atoms with Crippen molar-refractivity contribution < 1.29 is 38.2 Å². The molecule has 1 aromatic carbocycles. The SMILES string of the molecule is CCOC(=O)C(CSSN[C@H](C=O)CS)NC(=O)c1cc(-c2ccccc2)c(C(=O)NC(CSN[C@@H](CS)C(=O)S)C(=O)OCC)cn1. The number of nitrogens with one attached hydrogen (secondary N) is 4. The maximum Gasteiger partial charge on any atom is 0.329 e. The van der Waals surface area contributed by atoms with Crippen molar-refractivity contribution in [3.63, 3.8) is 0 Å². The molecule has 262 valence electrons. The van der Waals surface area contributed by atoms with Crippen molar-refractivity contribution in [2.45, 2.75) is 38.0 Å². The largest absolute Gasteiger partial charge is 0.464 e. The van der Waals surface area contributed by atoms with Gasteiger partial charge in [-0.15, -0.1) is 12.6 Å². The molecular formula is C29H37N5O8S6. The fraction of sp³-hybridized carbons (Fsp3) is 0.414. The summed E-state index contributed by atoms with van der Waals surface area (Å²) in [5.41, 5.74) is 0.909. The molecule has 0 aliphatic carbocycles. The van der Waals surface area contributed by atoms with Crippen LogP contribution in [0.5, 0.6) is 0 Å². The zero-order valence-corrected chi connectivity index (χ0v) is 31.1. The van der Waals surface area contributed by atoms with Gasteiger partial charge in [-0.3, -0.25) is 24.1 Å².